The Kier molecular flexibility index (Phi) is 7.46. The average molecular weight is 476 g/mol. The lowest BCUT2D eigenvalue weighted by molar-refractivity contribution is -0.192. The summed E-state index contributed by atoms with van der Waals surface area (Å²) in [6.45, 7) is 0.403. The Hall–Kier alpha value is -3.61. The molecule has 1 fully saturated rings. The smallest absolute Gasteiger partial charge is 0.480 e. The molecule has 172 valence electrons. The zero-order valence-electron chi connectivity index (χ0n) is 16.1. The van der Waals surface area contributed by atoms with Gasteiger partial charge in [0.15, 0.2) is 5.96 Å². The predicted octanol–water partition coefficient (Wildman–Crippen LogP) is 2.52. The van der Waals surface area contributed by atoms with Crippen LogP contribution in [0.5, 0.6) is 0 Å². The number of carboxylic acids is 2. The van der Waals surface area contributed by atoms with Gasteiger partial charge in [0.05, 0.1) is 5.02 Å². The number of guanidine groups is 1. The Labute approximate surface area is 183 Å². The van der Waals surface area contributed by atoms with Crippen molar-refractivity contribution in [1.82, 2.24) is 9.88 Å². The van der Waals surface area contributed by atoms with Gasteiger partial charge in [-0.25, -0.2) is 14.6 Å². The molecule has 1 aromatic carbocycles. The molecule has 2 aromatic rings. The number of aliphatic carboxylic acids is 2. The molecule has 1 saturated heterocycles. The largest absolute Gasteiger partial charge is 0.490 e. The van der Waals surface area contributed by atoms with Gasteiger partial charge in [-0.2, -0.15) is 13.2 Å². The van der Waals surface area contributed by atoms with Crippen molar-refractivity contribution in [2.24, 2.45) is 5.73 Å². The van der Waals surface area contributed by atoms with E-state index in [1.165, 1.54) is 11.1 Å². The maximum absolute atomic E-state index is 12.7. The second-order valence-electron chi connectivity index (χ2n) is 6.55. The quantitative estimate of drug-likeness (QED) is 0.333. The summed E-state index contributed by atoms with van der Waals surface area (Å²) in [5.74, 6) is -4.11. The summed E-state index contributed by atoms with van der Waals surface area (Å²) in [6, 6.07) is 4.05. The van der Waals surface area contributed by atoms with E-state index in [1.54, 1.807) is 18.2 Å². The van der Waals surface area contributed by atoms with Crippen molar-refractivity contribution >= 4 is 52.0 Å². The number of carboxylic acid groups (broad SMARTS) is 2. The van der Waals surface area contributed by atoms with Crippen molar-refractivity contribution in [3.05, 3.63) is 35.0 Å². The third-order valence-corrected chi connectivity index (χ3v) is 4.68. The molecule has 0 unspecified atom stereocenters. The van der Waals surface area contributed by atoms with Crippen LogP contribution in [0, 0.1) is 5.41 Å². The summed E-state index contributed by atoms with van der Waals surface area (Å²) in [5.41, 5.74) is 5.69. The van der Waals surface area contributed by atoms with Gasteiger partial charge < -0.3 is 26.2 Å². The molecule has 0 bridgehead atoms. The molecule has 0 aliphatic carbocycles. The minimum atomic E-state index is -5.08. The van der Waals surface area contributed by atoms with Gasteiger partial charge in [0.1, 0.15) is 11.9 Å². The van der Waals surface area contributed by atoms with Crippen molar-refractivity contribution < 1.29 is 37.8 Å². The number of anilines is 1. The fraction of sp³-hybridized carbons (Fsp3) is 0.278. The number of carbonyl (C=O) groups excluding carboxylic acids is 1. The number of halogens is 4. The number of amides is 1. The normalized spacial score (nSPS) is 15.6. The Morgan fingerprint density at radius 1 is 1.25 bits per heavy atom. The molecule has 0 spiro atoms. The topological polar surface area (TPSA) is 170 Å². The number of aromatic nitrogens is 1. The number of hydrogen-bond donors (Lipinski definition) is 5. The first-order valence-electron chi connectivity index (χ1n) is 8.86. The minimum Gasteiger partial charge on any atom is -0.480 e. The number of alkyl halides is 3. The van der Waals surface area contributed by atoms with Crippen LogP contribution in [0.2, 0.25) is 5.02 Å². The molecule has 14 heteroatoms. The van der Waals surface area contributed by atoms with Crippen molar-refractivity contribution in [2.45, 2.75) is 25.1 Å². The Morgan fingerprint density at radius 2 is 1.88 bits per heavy atom. The molecule has 1 amide bonds. The minimum absolute atomic E-state index is 0.293. The number of hydrogen-bond acceptors (Lipinski definition) is 5. The lowest BCUT2D eigenvalue weighted by Gasteiger charge is -2.21. The first-order chi connectivity index (χ1) is 14.8. The van der Waals surface area contributed by atoms with Gasteiger partial charge in [0.25, 0.3) is 5.91 Å². The number of rotatable bonds is 3. The highest BCUT2D eigenvalue weighted by molar-refractivity contribution is 6.36. The predicted molar refractivity (Wildman–Crippen MR) is 108 cm³/mol. The van der Waals surface area contributed by atoms with Gasteiger partial charge in [0, 0.05) is 29.1 Å². The number of pyridine rings is 1. The van der Waals surface area contributed by atoms with E-state index in [0.717, 1.165) is 0 Å². The summed E-state index contributed by atoms with van der Waals surface area (Å²) >= 11 is 6.14. The molecular formula is C18H17ClF3N5O5. The SMILES string of the molecule is N=C(N)Nc1ncc(Cl)c2ccc(C(=O)N3CCC[C@H]3C(=O)O)cc12.O=C(O)C(F)(F)F. The Morgan fingerprint density at radius 3 is 2.41 bits per heavy atom. The van der Waals surface area contributed by atoms with Crippen LogP contribution in [0.25, 0.3) is 10.8 Å². The van der Waals surface area contributed by atoms with E-state index in [9.17, 15) is 27.9 Å². The highest BCUT2D eigenvalue weighted by Gasteiger charge is 2.38. The Balaban J connectivity index is 0.000000451. The van der Waals surface area contributed by atoms with E-state index in [2.05, 4.69) is 10.3 Å². The summed E-state index contributed by atoms with van der Waals surface area (Å²) < 4.78 is 31.7. The number of nitrogens with one attached hydrogen (secondary N) is 2. The summed E-state index contributed by atoms with van der Waals surface area (Å²) in [4.78, 5) is 38.4. The molecule has 1 atom stereocenters. The van der Waals surface area contributed by atoms with Gasteiger partial charge in [-0.05, 0) is 25.0 Å². The fourth-order valence-corrected chi connectivity index (χ4v) is 3.21. The van der Waals surface area contributed by atoms with E-state index in [0.29, 0.717) is 46.6 Å². The van der Waals surface area contributed by atoms with Gasteiger partial charge >= 0.3 is 18.1 Å². The highest BCUT2D eigenvalue weighted by Crippen LogP contribution is 2.30. The molecule has 3 rings (SSSR count). The standard InChI is InChI=1S/C16H16ClN5O3.C2HF3O2/c17-11-7-20-13(21-16(18)19)10-6-8(3-4-9(10)11)14(23)22-5-1-2-12(22)15(24)25;3-2(4,5)1(6)7/h3-4,6-7,12H,1-2,5H2,(H,24,25)(H4,18,19,20,21);(H,6,7)/t12-;/m0./s1. The van der Waals surface area contributed by atoms with Crippen LogP contribution in [0.3, 0.4) is 0 Å². The van der Waals surface area contributed by atoms with Crippen LogP contribution in [-0.2, 0) is 9.59 Å². The van der Waals surface area contributed by atoms with Gasteiger partial charge in [-0.1, -0.05) is 17.7 Å². The number of likely N-dealkylation sites (tertiary alicyclic amines) is 1. The monoisotopic (exact) mass is 475 g/mol. The van der Waals surface area contributed by atoms with Crippen LogP contribution in [0.15, 0.2) is 24.4 Å². The number of fused-ring (bicyclic) bond motifs is 1. The van der Waals surface area contributed by atoms with Crippen molar-refractivity contribution in [1.29, 1.82) is 5.41 Å². The van der Waals surface area contributed by atoms with Crippen LogP contribution < -0.4 is 11.1 Å². The van der Waals surface area contributed by atoms with Crippen molar-refractivity contribution in [3.63, 3.8) is 0 Å². The highest BCUT2D eigenvalue weighted by atomic mass is 35.5. The van der Waals surface area contributed by atoms with Crippen LogP contribution in [0.1, 0.15) is 23.2 Å². The molecule has 1 aliphatic rings. The van der Waals surface area contributed by atoms with E-state index in [1.807, 2.05) is 0 Å². The lowest BCUT2D eigenvalue weighted by Crippen LogP contribution is -2.40. The second kappa shape index (κ2) is 9.68. The van der Waals surface area contributed by atoms with Crippen LogP contribution >= 0.6 is 11.6 Å². The zero-order chi connectivity index (χ0) is 24.2. The van der Waals surface area contributed by atoms with Crippen LogP contribution in [-0.4, -0.2) is 62.7 Å². The molecule has 6 N–H and O–H groups in total. The molecule has 1 aliphatic heterocycles. The summed E-state index contributed by atoms with van der Waals surface area (Å²) in [5, 5.41) is 27.9. The lowest BCUT2D eigenvalue weighted by atomic mass is 10.1. The first kappa shape index (κ1) is 24.7. The number of nitrogens with two attached hydrogens (primary N) is 1. The van der Waals surface area contributed by atoms with Gasteiger partial charge in [0.2, 0.25) is 0 Å². The fourth-order valence-electron chi connectivity index (χ4n) is 3.00. The zero-order valence-corrected chi connectivity index (χ0v) is 16.9. The Bertz CT molecular complexity index is 1080. The molecule has 2 heterocycles. The molecular weight excluding hydrogens is 459 g/mol. The van der Waals surface area contributed by atoms with E-state index in [-0.39, 0.29) is 11.9 Å². The molecule has 1 aromatic heterocycles. The summed E-state index contributed by atoms with van der Waals surface area (Å²) in [7, 11) is 0. The molecule has 0 saturated carbocycles. The van der Waals surface area contributed by atoms with E-state index < -0.39 is 24.2 Å². The first-order valence-corrected chi connectivity index (χ1v) is 9.24. The average Bonchev–Trinajstić information content (AvgIpc) is 3.19. The summed E-state index contributed by atoms with van der Waals surface area (Å²) in [6.07, 6.45) is -2.56. The van der Waals surface area contributed by atoms with Gasteiger partial charge in [-0.15, -0.1) is 0 Å². The number of benzene rings is 1. The molecule has 10 nitrogen and oxygen atoms in total. The second-order valence-corrected chi connectivity index (χ2v) is 6.96. The number of nitrogens with zero attached hydrogens (tertiary/aromatic N) is 2. The molecule has 0 radical (unpaired) electrons. The third kappa shape index (κ3) is 5.75. The van der Waals surface area contributed by atoms with E-state index >= 15 is 0 Å². The van der Waals surface area contributed by atoms with Crippen molar-refractivity contribution in [2.75, 3.05) is 11.9 Å². The third-order valence-electron chi connectivity index (χ3n) is 4.38. The van der Waals surface area contributed by atoms with Crippen molar-refractivity contribution in [3.8, 4) is 0 Å². The molecule has 32 heavy (non-hydrogen) atoms. The number of carbonyl (C=O) groups is 3. The van der Waals surface area contributed by atoms with Crippen LogP contribution in [0.4, 0.5) is 19.0 Å². The van der Waals surface area contributed by atoms with Gasteiger partial charge in [-0.3, -0.25) is 10.2 Å². The maximum Gasteiger partial charge on any atom is 0.490 e. The van der Waals surface area contributed by atoms with E-state index in [4.69, 9.17) is 32.6 Å². The maximum atomic E-state index is 12.7.